The maximum Gasteiger partial charge on any atom is 0.218 e. The number of hydrogen-bond acceptors (Lipinski definition) is 3. The van der Waals surface area contributed by atoms with Gasteiger partial charge in [0.1, 0.15) is 0 Å². The second-order valence-electron chi connectivity index (χ2n) is 2.40. The number of rotatable bonds is 4. The van der Waals surface area contributed by atoms with E-state index in [0.717, 1.165) is 6.54 Å². The molecule has 3 nitrogen and oxygen atoms in total. The smallest absolute Gasteiger partial charge is 0.218 e. The van der Waals surface area contributed by atoms with Crippen molar-refractivity contribution in [1.29, 1.82) is 0 Å². The Labute approximate surface area is 64.7 Å². The zero-order valence-electron chi connectivity index (χ0n) is 5.80. The lowest BCUT2D eigenvalue weighted by Gasteiger charge is -2.25. The molecule has 0 aromatic carbocycles. The fraction of sp³-hybridized carbons (Fsp3) is 0.833. The predicted octanol–water partition coefficient (Wildman–Crippen LogP) is -0.433. The van der Waals surface area contributed by atoms with Crippen LogP contribution < -0.4 is 11.1 Å². The normalized spacial score (nSPS) is 18.4. The van der Waals surface area contributed by atoms with Crippen LogP contribution in [0.15, 0.2) is 0 Å². The Morgan fingerprint density at radius 2 is 2.40 bits per heavy atom. The Balaban J connectivity index is 1.89. The number of nitrogens with one attached hydrogen (secondary N) is 1. The maximum absolute atomic E-state index is 10.3. The third-order valence-electron chi connectivity index (χ3n) is 1.44. The van der Waals surface area contributed by atoms with Gasteiger partial charge >= 0.3 is 0 Å². The Morgan fingerprint density at radius 3 is 2.80 bits per heavy atom. The van der Waals surface area contributed by atoms with Crippen LogP contribution >= 0.6 is 11.8 Å². The summed E-state index contributed by atoms with van der Waals surface area (Å²) in [5.74, 6) is 2.14. The van der Waals surface area contributed by atoms with Crippen LogP contribution in [0.25, 0.3) is 0 Å². The van der Waals surface area contributed by atoms with E-state index in [9.17, 15) is 4.79 Å². The van der Waals surface area contributed by atoms with Crippen LogP contribution in [-0.2, 0) is 4.79 Å². The van der Waals surface area contributed by atoms with Gasteiger partial charge < -0.3 is 11.1 Å². The number of hydrogen-bond donors (Lipinski definition) is 2. The minimum Gasteiger partial charge on any atom is -0.370 e. The molecule has 1 rings (SSSR count). The molecule has 1 saturated heterocycles. The summed E-state index contributed by atoms with van der Waals surface area (Å²) < 4.78 is 0. The highest BCUT2D eigenvalue weighted by molar-refractivity contribution is 8.00. The molecule has 0 aliphatic carbocycles. The van der Waals surface area contributed by atoms with Gasteiger partial charge in [0.05, 0.1) is 0 Å². The summed E-state index contributed by atoms with van der Waals surface area (Å²) in [6.07, 6.45) is 0.459. The van der Waals surface area contributed by atoms with Gasteiger partial charge in [-0.15, -0.1) is 0 Å². The van der Waals surface area contributed by atoms with Gasteiger partial charge in [-0.25, -0.2) is 0 Å². The number of thioether (sulfide) groups is 1. The van der Waals surface area contributed by atoms with Crippen molar-refractivity contribution in [1.82, 2.24) is 5.32 Å². The molecule has 10 heavy (non-hydrogen) atoms. The fourth-order valence-electron chi connectivity index (χ4n) is 0.753. The molecule has 0 aromatic rings. The summed E-state index contributed by atoms with van der Waals surface area (Å²) in [6.45, 7) is 0.737. The highest BCUT2D eigenvalue weighted by atomic mass is 32.2. The largest absolute Gasteiger partial charge is 0.370 e. The first-order valence-electron chi connectivity index (χ1n) is 3.38. The van der Waals surface area contributed by atoms with Crippen molar-refractivity contribution >= 4 is 17.7 Å². The molecule has 4 heteroatoms. The molecule has 0 aromatic heterocycles. The van der Waals surface area contributed by atoms with E-state index >= 15 is 0 Å². The topological polar surface area (TPSA) is 55.1 Å². The van der Waals surface area contributed by atoms with Crippen molar-refractivity contribution < 1.29 is 4.79 Å². The molecule has 58 valence electrons. The Hall–Kier alpha value is -0.220. The van der Waals surface area contributed by atoms with Gasteiger partial charge in [0.15, 0.2) is 0 Å². The lowest BCUT2D eigenvalue weighted by molar-refractivity contribution is -0.117. The summed E-state index contributed by atoms with van der Waals surface area (Å²) in [7, 11) is 0. The molecular formula is C6H12N2OS. The van der Waals surface area contributed by atoms with Gasteiger partial charge in [0.2, 0.25) is 5.91 Å². The van der Waals surface area contributed by atoms with Crippen LogP contribution in [0.1, 0.15) is 6.42 Å². The number of primary amides is 1. The highest BCUT2D eigenvalue weighted by Crippen LogP contribution is 2.16. The summed E-state index contributed by atoms with van der Waals surface area (Å²) in [6, 6.07) is 0.629. The van der Waals surface area contributed by atoms with E-state index in [2.05, 4.69) is 5.32 Å². The van der Waals surface area contributed by atoms with Crippen molar-refractivity contribution in [2.45, 2.75) is 12.5 Å². The lowest BCUT2D eigenvalue weighted by Crippen LogP contribution is -2.41. The van der Waals surface area contributed by atoms with E-state index in [0.29, 0.717) is 12.5 Å². The zero-order valence-corrected chi connectivity index (χ0v) is 6.62. The van der Waals surface area contributed by atoms with Crippen molar-refractivity contribution in [3.8, 4) is 0 Å². The van der Waals surface area contributed by atoms with Gasteiger partial charge in [-0.05, 0) is 0 Å². The molecule has 3 N–H and O–H groups in total. The molecule has 0 atom stereocenters. The summed E-state index contributed by atoms with van der Waals surface area (Å²) in [4.78, 5) is 10.3. The van der Waals surface area contributed by atoms with E-state index in [1.165, 1.54) is 11.5 Å². The first-order valence-corrected chi connectivity index (χ1v) is 4.54. The Morgan fingerprint density at radius 1 is 1.70 bits per heavy atom. The molecule has 0 bridgehead atoms. The van der Waals surface area contributed by atoms with E-state index in [1.807, 2.05) is 11.8 Å². The number of carbonyl (C=O) groups excluding carboxylic acids is 1. The summed E-state index contributed by atoms with van der Waals surface area (Å²) in [5.41, 5.74) is 4.95. The number of nitrogens with two attached hydrogens (primary N) is 1. The highest BCUT2D eigenvalue weighted by Gasteiger charge is 2.16. The van der Waals surface area contributed by atoms with E-state index in [1.54, 1.807) is 0 Å². The predicted molar refractivity (Wildman–Crippen MR) is 42.9 cm³/mol. The summed E-state index contributed by atoms with van der Waals surface area (Å²) in [5, 5.41) is 3.23. The second-order valence-corrected chi connectivity index (χ2v) is 3.48. The minimum atomic E-state index is -0.223. The van der Waals surface area contributed by atoms with E-state index in [4.69, 9.17) is 5.73 Å². The maximum atomic E-state index is 10.3. The molecule has 0 saturated carbocycles. The van der Waals surface area contributed by atoms with E-state index < -0.39 is 0 Å². The molecule has 0 unspecified atom stereocenters. The van der Waals surface area contributed by atoms with Crippen LogP contribution in [0.5, 0.6) is 0 Å². The van der Waals surface area contributed by atoms with Gasteiger partial charge in [-0.1, -0.05) is 0 Å². The molecule has 1 heterocycles. The van der Waals surface area contributed by atoms with Gasteiger partial charge in [0.25, 0.3) is 0 Å². The third-order valence-corrected chi connectivity index (χ3v) is 2.72. The van der Waals surface area contributed by atoms with Crippen molar-refractivity contribution in [3.05, 3.63) is 0 Å². The van der Waals surface area contributed by atoms with Crippen LogP contribution in [0.3, 0.4) is 0 Å². The molecule has 1 amide bonds. The minimum absolute atomic E-state index is 0.223. The van der Waals surface area contributed by atoms with Crippen molar-refractivity contribution in [3.63, 3.8) is 0 Å². The van der Waals surface area contributed by atoms with Gasteiger partial charge in [-0.2, -0.15) is 11.8 Å². The SMILES string of the molecule is NC(=O)CCNC1CSC1. The van der Waals surface area contributed by atoms with E-state index in [-0.39, 0.29) is 5.91 Å². The average Bonchev–Trinajstić information content (AvgIpc) is 1.75. The molecule has 1 fully saturated rings. The fourth-order valence-corrected chi connectivity index (χ4v) is 1.46. The quantitative estimate of drug-likeness (QED) is 0.586. The lowest BCUT2D eigenvalue weighted by atomic mass is 10.3. The third kappa shape index (κ3) is 2.58. The van der Waals surface area contributed by atoms with Crippen LogP contribution in [0.4, 0.5) is 0 Å². The molecule has 1 aliphatic heterocycles. The molecular weight excluding hydrogens is 148 g/mol. The average molecular weight is 160 g/mol. The van der Waals surface area contributed by atoms with Crippen LogP contribution in [0.2, 0.25) is 0 Å². The van der Waals surface area contributed by atoms with Crippen molar-refractivity contribution in [2.24, 2.45) is 5.73 Å². The standard InChI is InChI=1S/C6H12N2OS/c7-6(9)1-2-8-5-3-10-4-5/h5,8H,1-4H2,(H2,7,9). The van der Waals surface area contributed by atoms with Gasteiger partial charge in [0, 0.05) is 30.5 Å². The first-order chi connectivity index (χ1) is 4.79. The van der Waals surface area contributed by atoms with Crippen LogP contribution in [-0.4, -0.2) is 30.0 Å². The Bertz CT molecular complexity index is 125. The number of carbonyl (C=O) groups is 1. The monoisotopic (exact) mass is 160 g/mol. The summed E-state index contributed by atoms with van der Waals surface area (Å²) >= 11 is 1.93. The zero-order chi connectivity index (χ0) is 7.40. The van der Waals surface area contributed by atoms with Crippen LogP contribution in [0, 0.1) is 0 Å². The molecule has 0 radical (unpaired) electrons. The number of amides is 1. The molecule has 1 aliphatic rings. The molecule has 0 spiro atoms. The van der Waals surface area contributed by atoms with Gasteiger partial charge in [-0.3, -0.25) is 4.79 Å². The Kier molecular flexibility index (Phi) is 3.02. The second kappa shape index (κ2) is 3.83. The van der Waals surface area contributed by atoms with Crippen molar-refractivity contribution in [2.75, 3.05) is 18.1 Å². The first kappa shape index (κ1) is 7.88.